The molecule has 114 valence electrons. The van der Waals surface area contributed by atoms with Crippen molar-refractivity contribution in [2.45, 2.75) is 13.0 Å². The molecule has 3 heterocycles. The molecule has 1 aliphatic rings. The van der Waals surface area contributed by atoms with Crippen molar-refractivity contribution in [1.29, 1.82) is 0 Å². The molecule has 0 N–H and O–H groups in total. The Morgan fingerprint density at radius 3 is 2.65 bits per heavy atom. The van der Waals surface area contributed by atoms with Gasteiger partial charge >= 0.3 is 0 Å². The van der Waals surface area contributed by atoms with Crippen LogP contribution in [0, 0.1) is 0 Å². The highest BCUT2D eigenvalue weighted by Gasteiger charge is 2.19. The Bertz CT molecular complexity index is 818. The molecule has 0 radical (unpaired) electrons. The van der Waals surface area contributed by atoms with Gasteiger partial charge in [0.2, 0.25) is 0 Å². The molecule has 0 spiro atoms. The number of rotatable bonds is 2. The standard InChI is InChI=1S/C18H15ClN4/c19-14-4-6-15(7-5-14)23-10-8-16-13(12-23)11-21-18(22-16)17-3-1-2-9-20-17/h1-7,9,11H,8,10,12H2. The van der Waals surface area contributed by atoms with E-state index in [9.17, 15) is 0 Å². The van der Waals surface area contributed by atoms with E-state index in [1.54, 1.807) is 6.20 Å². The molecular formula is C18H15ClN4. The van der Waals surface area contributed by atoms with Crippen molar-refractivity contribution in [3.8, 4) is 11.5 Å². The summed E-state index contributed by atoms with van der Waals surface area (Å²) in [6, 6.07) is 13.7. The van der Waals surface area contributed by atoms with Gasteiger partial charge in [0, 0.05) is 48.2 Å². The van der Waals surface area contributed by atoms with Gasteiger partial charge in [-0.1, -0.05) is 17.7 Å². The molecular weight excluding hydrogens is 308 g/mol. The van der Waals surface area contributed by atoms with Crippen molar-refractivity contribution < 1.29 is 0 Å². The van der Waals surface area contributed by atoms with Crippen molar-refractivity contribution >= 4 is 17.3 Å². The summed E-state index contributed by atoms with van der Waals surface area (Å²) in [6.07, 6.45) is 4.59. The van der Waals surface area contributed by atoms with E-state index in [0.29, 0.717) is 5.82 Å². The highest BCUT2D eigenvalue weighted by Crippen LogP contribution is 2.25. The monoisotopic (exact) mass is 322 g/mol. The number of hydrogen-bond acceptors (Lipinski definition) is 4. The largest absolute Gasteiger partial charge is 0.367 e. The van der Waals surface area contributed by atoms with Gasteiger partial charge in [-0.25, -0.2) is 9.97 Å². The third-order valence-corrected chi connectivity index (χ3v) is 4.27. The minimum atomic E-state index is 0.698. The number of fused-ring (bicyclic) bond motifs is 1. The van der Waals surface area contributed by atoms with Crippen molar-refractivity contribution in [2.24, 2.45) is 0 Å². The maximum absolute atomic E-state index is 5.96. The normalized spacial score (nSPS) is 13.7. The Kier molecular flexibility index (Phi) is 3.67. The van der Waals surface area contributed by atoms with Gasteiger partial charge in [-0.2, -0.15) is 0 Å². The fraction of sp³-hybridized carbons (Fsp3) is 0.167. The van der Waals surface area contributed by atoms with Crippen molar-refractivity contribution in [1.82, 2.24) is 15.0 Å². The molecule has 0 amide bonds. The maximum atomic E-state index is 5.96. The molecule has 0 saturated carbocycles. The Morgan fingerprint density at radius 1 is 1.00 bits per heavy atom. The molecule has 2 aromatic heterocycles. The van der Waals surface area contributed by atoms with Gasteiger partial charge in [-0.05, 0) is 36.4 Å². The smallest absolute Gasteiger partial charge is 0.178 e. The van der Waals surface area contributed by atoms with Crippen LogP contribution in [0.5, 0.6) is 0 Å². The molecule has 1 aliphatic heterocycles. The van der Waals surface area contributed by atoms with E-state index in [0.717, 1.165) is 35.9 Å². The van der Waals surface area contributed by atoms with Crippen LogP contribution in [-0.4, -0.2) is 21.5 Å². The number of anilines is 1. The zero-order valence-electron chi connectivity index (χ0n) is 12.5. The number of hydrogen-bond donors (Lipinski definition) is 0. The van der Waals surface area contributed by atoms with E-state index in [1.807, 2.05) is 36.5 Å². The lowest BCUT2D eigenvalue weighted by Crippen LogP contribution is -2.31. The third-order valence-electron chi connectivity index (χ3n) is 4.02. The van der Waals surface area contributed by atoms with Crippen LogP contribution < -0.4 is 4.90 Å². The summed E-state index contributed by atoms with van der Waals surface area (Å²) >= 11 is 5.96. The SMILES string of the molecule is Clc1ccc(N2CCc3nc(-c4ccccn4)ncc3C2)cc1. The first-order valence-electron chi connectivity index (χ1n) is 7.56. The maximum Gasteiger partial charge on any atom is 0.178 e. The zero-order chi connectivity index (χ0) is 15.6. The van der Waals surface area contributed by atoms with E-state index in [2.05, 4.69) is 27.0 Å². The Hall–Kier alpha value is -2.46. The molecule has 23 heavy (non-hydrogen) atoms. The van der Waals surface area contributed by atoms with Crippen molar-refractivity contribution in [3.05, 3.63) is 71.1 Å². The summed E-state index contributed by atoms with van der Waals surface area (Å²) in [4.78, 5) is 15.8. The number of benzene rings is 1. The third kappa shape index (κ3) is 2.90. The second kappa shape index (κ2) is 5.97. The van der Waals surface area contributed by atoms with E-state index in [-0.39, 0.29) is 0 Å². The summed E-state index contributed by atoms with van der Waals surface area (Å²) in [5, 5.41) is 0.759. The van der Waals surface area contributed by atoms with Gasteiger partial charge in [0.25, 0.3) is 0 Å². The van der Waals surface area contributed by atoms with Crippen LogP contribution in [0.15, 0.2) is 54.9 Å². The molecule has 0 unspecified atom stereocenters. The van der Waals surface area contributed by atoms with Crippen molar-refractivity contribution in [2.75, 3.05) is 11.4 Å². The summed E-state index contributed by atoms with van der Waals surface area (Å²) in [7, 11) is 0. The summed E-state index contributed by atoms with van der Waals surface area (Å²) < 4.78 is 0. The molecule has 0 fully saturated rings. The summed E-state index contributed by atoms with van der Waals surface area (Å²) in [6.45, 7) is 1.76. The first-order chi connectivity index (χ1) is 11.3. The van der Waals surface area contributed by atoms with E-state index >= 15 is 0 Å². The van der Waals surface area contributed by atoms with Crippen LogP contribution in [0.4, 0.5) is 5.69 Å². The van der Waals surface area contributed by atoms with Gasteiger partial charge in [-0.3, -0.25) is 4.98 Å². The first-order valence-corrected chi connectivity index (χ1v) is 7.94. The van der Waals surface area contributed by atoms with Crippen LogP contribution in [0.1, 0.15) is 11.3 Å². The number of nitrogens with zero attached hydrogens (tertiary/aromatic N) is 4. The first kappa shape index (κ1) is 14.2. The Labute approximate surface area is 139 Å². The van der Waals surface area contributed by atoms with Gasteiger partial charge in [0.15, 0.2) is 5.82 Å². The number of aromatic nitrogens is 3. The lowest BCUT2D eigenvalue weighted by molar-refractivity contribution is 0.706. The van der Waals surface area contributed by atoms with E-state index < -0.39 is 0 Å². The van der Waals surface area contributed by atoms with E-state index in [1.165, 1.54) is 11.3 Å². The van der Waals surface area contributed by atoms with Crippen molar-refractivity contribution in [3.63, 3.8) is 0 Å². The lowest BCUT2D eigenvalue weighted by Gasteiger charge is -2.30. The second-order valence-electron chi connectivity index (χ2n) is 5.53. The van der Waals surface area contributed by atoms with Gasteiger partial charge in [0.05, 0.1) is 5.69 Å². The highest BCUT2D eigenvalue weighted by molar-refractivity contribution is 6.30. The quantitative estimate of drug-likeness (QED) is 0.720. The lowest BCUT2D eigenvalue weighted by atomic mass is 10.1. The predicted octanol–water partition coefficient (Wildman–Crippen LogP) is 3.75. The van der Waals surface area contributed by atoms with E-state index in [4.69, 9.17) is 16.6 Å². The van der Waals surface area contributed by atoms with Gasteiger partial charge in [-0.15, -0.1) is 0 Å². The molecule has 0 saturated heterocycles. The van der Waals surface area contributed by atoms with Crippen LogP contribution in [0.3, 0.4) is 0 Å². The minimum absolute atomic E-state index is 0.698. The average Bonchev–Trinajstić information content (AvgIpc) is 2.62. The molecule has 4 rings (SSSR count). The highest BCUT2D eigenvalue weighted by atomic mass is 35.5. The minimum Gasteiger partial charge on any atom is -0.367 e. The van der Waals surface area contributed by atoms with Crippen LogP contribution in [-0.2, 0) is 13.0 Å². The molecule has 0 bridgehead atoms. The van der Waals surface area contributed by atoms with Gasteiger partial charge in [0.1, 0.15) is 5.69 Å². The second-order valence-corrected chi connectivity index (χ2v) is 5.96. The summed E-state index contributed by atoms with van der Waals surface area (Å²) in [5.74, 6) is 0.698. The average molecular weight is 323 g/mol. The molecule has 5 heteroatoms. The summed E-state index contributed by atoms with van der Waals surface area (Å²) in [5.41, 5.74) is 4.28. The zero-order valence-corrected chi connectivity index (χ0v) is 13.2. The fourth-order valence-electron chi connectivity index (χ4n) is 2.81. The Morgan fingerprint density at radius 2 is 1.87 bits per heavy atom. The number of pyridine rings is 1. The Balaban J connectivity index is 1.60. The van der Waals surface area contributed by atoms with Crippen LogP contribution in [0.25, 0.3) is 11.5 Å². The van der Waals surface area contributed by atoms with Crippen LogP contribution >= 0.6 is 11.6 Å². The van der Waals surface area contributed by atoms with Crippen LogP contribution in [0.2, 0.25) is 5.02 Å². The predicted molar refractivity (Wildman–Crippen MR) is 91.5 cm³/mol. The number of halogens is 1. The molecule has 4 nitrogen and oxygen atoms in total. The topological polar surface area (TPSA) is 41.9 Å². The molecule has 1 aromatic carbocycles. The molecule has 3 aromatic rings. The molecule has 0 aliphatic carbocycles. The molecule has 0 atom stereocenters. The fourth-order valence-corrected chi connectivity index (χ4v) is 2.93. The van der Waals surface area contributed by atoms with Gasteiger partial charge < -0.3 is 4.90 Å².